The minimum atomic E-state index is -0.845. The molecule has 0 aromatic rings. The smallest absolute Gasteiger partial charge is 0.325 e. The summed E-state index contributed by atoms with van der Waals surface area (Å²) in [6.45, 7) is 7.32. The summed E-state index contributed by atoms with van der Waals surface area (Å²) in [7, 11) is 0. The molecule has 0 amide bonds. The maximum Gasteiger partial charge on any atom is 0.325 e. The summed E-state index contributed by atoms with van der Waals surface area (Å²) in [6.07, 6.45) is 1.82. The predicted molar refractivity (Wildman–Crippen MR) is 44.3 cm³/mol. The van der Waals surface area contributed by atoms with Crippen molar-refractivity contribution in [2.24, 2.45) is 0 Å². The summed E-state index contributed by atoms with van der Waals surface area (Å²) < 4.78 is 0. The second-order valence-electron chi connectivity index (χ2n) is 2.56. The molecule has 1 unspecified atom stereocenters. The number of hydrogen-bond acceptors (Lipinski definition) is 2. The van der Waals surface area contributed by atoms with Gasteiger partial charge in [-0.15, -0.1) is 0 Å². The molecule has 0 spiro atoms. The van der Waals surface area contributed by atoms with E-state index >= 15 is 0 Å². The van der Waals surface area contributed by atoms with Crippen LogP contribution in [0.15, 0.2) is 12.3 Å². The molecule has 0 saturated heterocycles. The largest absolute Gasteiger partial charge is 0.480 e. The average Bonchev–Trinajstić information content (AvgIpc) is 1.87. The van der Waals surface area contributed by atoms with Gasteiger partial charge in [0.2, 0.25) is 0 Å². The van der Waals surface area contributed by atoms with Crippen molar-refractivity contribution in [2.45, 2.75) is 32.7 Å². The number of carboxylic acid groups (broad SMARTS) is 1. The van der Waals surface area contributed by atoms with Gasteiger partial charge in [-0.25, -0.2) is 0 Å². The molecule has 0 rings (SSSR count). The van der Waals surface area contributed by atoms with E-state index in [2.05, 4.69) is 11.9 Å². The van der Waals surface area contributed by atoms with Gasteiger partial charge in [0.25, 0.3) is 0 Å². The van der Waals surface area contributed by atoms with Gasteiger partial charge < -0.3 is 10.4 Å². The molecule has 3 heteroatoms. The first-order chi connectivity index (χ1) is 5.07. The van der Waals surface area contributed by atoms with Crippen molar-refractivity contribution in [2.75, 3.05) is 0 Å². The normalized spacial score (nSPS) is 12.2. The summed E-state index contributed by atoms with van der Waals surface area (Å²) in [5, 5.41) is 11.3. The zero-order chi connectivity index (χ0) is 8.85. The van der Waals surface area contributed by atoms with E-state index in [0.717, 1.165) is 18.5 Å². The van der Waals surface area contributed by atoms with Crippen LogP contribution in [0.2, 0.25) is 0 Å². The summed E-state index contributed by atoms with van der Waals surface area (Å²) in [5.74, 6) is -0.845. The average molecular weight is 157 g/mol. The Balaban J connectivity index is 3.66. The van der Waals surface area contributed by atoms with Gasteiger partial charge in [-0.3, -0.25) is 4.79 Å². The van der Waals surface area contributed by atoms with E-state index in [1.807, 2.05) is 6.92 Å². The molecule has 0 radical (unpaired) electrons. The van der Waals surface area contributed by atoms with Crippen LogP contribution in [0, 0.1) is 0 Å². The van der Waals surface area contributed by atoms with Crippen molar-refractivity contribution < 1.29 is 9.90 Å². The highest BCUT2D eigenvalue weighted by Crippen LogP contribution is 1.98. The molecule has 0 aliphatic heterocycles. The molecule has 0 aliphatic carbocycles. The van der Waals surface area contributed by atoms with E-state index in [4.69, 9.17) is 5.11 Å². The van der Waals surface area contributed by atoms with E-state index in [1.54, 1.807) is 6.92 Å². The Morgan fingerprint density at radius 1 is 1.73 bits per heavy atom. The van der Waals surface area contributed by atoms with E-state index in [0.29, 0.717) is 0 Å². The third kappa shape index (κ3) is 4.42. The Morgan fingerprint density at radius 3 is 2.64 bits per heavy atom. The van der Waals surface area contributed by atoms with Crippen LogP contribution in [0.25, 0.3) is 0 Å². The first kappa shape index (κ1) is 10.0. The Morgan fingerprint density at radius 2 is 2.27 bits per heavy atom. The minimum Gasteiger partial charge on any atom is -0.480 e. The highest BCUT2D eigenvalue weighted by molar-refractivity contribution is 5.73. The molecule has 0 aliphatic rings. The van der Waals surface area contributed by atoms with Gasteiger partial charge in [0.05, 0.1) is 0 Å². The molecule has 0 aromatic carbocycles. The molecule has 0 bridgehead atoms. The molecule has 0 heterocycles. The van der Waals surface area contributed by atoms with Crippen LogP contribution >= 0.6 is 0 Å². The summed E-state index contributed by atoms with van der Waals surface area (Å²) in [5.41, 5.74) is 0.794. The monoisotopic (exact) mass is 157 g/mol. The van der Waals surface area contributed by atoms with Crippen molar-refractivity contribution >= 4 is 5.97 Å². The molecule has 3 nitrogen and oxygen atoms in total. The maximum atomic E-state index is 10.3. The Labute approximate surface area is 67.1 Å². The lowest BCUT2D eigenvalue weighted by molar-refractivity contribution is -0.138. The molecular formula is C8H15NO2. The summed E-state index contributed by atoms with van der Waals surface area (Å²) >= 11 is 0. The van der Waals surface area contributed by atoms with Crippen molar-refractivity contribution in [3.05, 3.63) is 12.3 Å². The zero-order valence-electron chi connectivity index (χ0n) is 7.05. The van der Waals surface area contributed by atoms with E-state index in [9.17, 15) is 4.79 Å². The van der Waals surface area contributed by atoms with Crippen LogP contribution in [0.1, 0.15) is 26.7 Å². The standard InChI is InChI=1S/C8H15NO2/c1-4-5-6(2)9-7(3)8(10)11/h7,9H,2,4-5H2,1,3H3,(H,10,11). The van der Waals surface area contributed by atoms with Crippen LogP contribution in [0.3, 0.4) is 0 Å². The van der Waals surface area contributed by atoms with Gasteiger partial charge >= 0.3 is 5.97 Å². The van der Waals surface area contributed by atoms with E-state index in [1.165, 1.54) is 0 Å². The number of aliphatic carboxylic acids is 1. The van der Waals surface area contributed by atoms with Crippen LogP contribution in [0.5, 0.6) is 0 Å². The fourth-order valence-electron chi connectivity index (χ4n) is 0.742. The van der Waals surface area contributed by atoms with Gasteiger partial charge in [-0.2, -0.15) is 0 Å². The maximum absolute atomic E-state index is 10.3. The molecular weight excluding hydrogens is 142 g/mol. The van der Waals surface area contributed by atoms with Gasteiger partial charge in [-0.1, -0.05) is 19.9 Å². The number of carboxylic acids is 1. The first-order valence-electron chi connectivity index (χ1n) is 3.75. The van der Waals surface area contributed by atoms with Gasteiger partial charge in [0.15, 0.2) is 0 Å². The second-order valence-corrected chi connectivity index (χ2v) is 2.56. The molecule has 0 fully saturated rings. The lowest BCUT2D eigenvalue weighted by Crippen LogP contribution is -2.32. The van der Waals surface area contributed by atoms with Gasteiger partial charge in [0.1, 0.15) is 6.04 Å². The Bertz CT molecular complexity index is 154. The van der Waals surface area contributed by atoms with Crippen LogP contribution in [-0.4, -0.2) is 17.1 Å². The lowest BCUT2D eigenvalue weighted by atomic mass is 10.2. The summed E-state index contributed by atoms with van der Waals surface area (Å²) in [6, 6.07) is -0.533. The first-order valence-corrected chi connectivity index (χ1v) is 3.75. The molecule has 1 atom stereocenters. The van der Waals surface area contributed by atoms with Crippen molar-refractivity contribution in [3.8, 4) is 0 Å². The number of hydrogen-bond donors (Lipinski definition) is 2. The molecule has 0 aromatic heterocycles. The molecule has 64 valence electrons. The van der Waals surface area contributed by atoms with E-state index in [-0.39, 0.29) is 0 Å². The van der Waals surface area contributed by atoms with Crippen LogP contribution in [0.4, 0.5) is 0 Å². The highest BCUT2D eigenvalue weighted by atomic mass is 16.4. The number of carbonyl (C=O) groups is 1. The van der Waals surface area contributed by atoms with Crippen LogP contribution in [-0.2, 0) is 4.79 Å². The highest BCUT2D eigenvalue weighted by Gasteiger charge is 2.09. The summed E-state index contributed by atoms with van der Waals surface area (Å²) in [4.78, 5) is 10.3. The number of nitrogens with one attached hydrogen (secondary N) is 1. The molecule has 2 N–H and O–H groups in total. The number of rotatable bonds is 5. The van der Waals surface area contributed by atoms with Gasteiger partial charge in [0, 0.05) is 5.70 Å². The van der Waals surface area contributed by atoms with E-state index < -0.39 is 12.0 Å². The van der Waals surface area contributed by atoms with Gasteiger partial charge in [-0.05, 0) is 13.3 Å². The fourth-order valence-corrected chi connectivity index (χ4v) is 0.742. The fraction of sp³-hybridized carbons (Fsp3) is 0.625. The van der Waals surface area contributed by atoms with Crippen molar-refractivity contribution in [1.82, 2.24) is 5.32 Å². The predicted octanol–water partition coefficient (Wildman–Crippen LogP) is 1.36. The number of allylic oxidation sites excluding steroid dienone is 1. The second kappa shape index (κ2) is 4.77. The van der Waals surface area contributed by atoms with Crippen molar-refractivity contribution in [1.29, 1.82) is 0 Å². The van der Waals surface area contributed by atoms with Crippen LogP contribution < -0.4 is 5.32 Å². The SMILES string of the molecule is C=C(CCC)NC(C)C(=O)O. The van der Waals surface area contributed by atoms with Crippen molar-refractivity contribution in [3.63, 3.8) is 0 Å². The topological polar surface area (TPSA) is 49.3 Å². The molecule has 0 saturated carbocycles. The lowest BCUT2D eigenvalue weighted by Gasteiger charge is -2.11. The Hall–Kier alpha value is -0.990. The zero-order valence-corrected chi connectivity index (χ0v) is 7.05. The third-order valence-electron chi connectivity index (χ3n) is 1.34. The Kier molecular flexibility index (Phi) is 4.34. The quantitative estimate of drug-likeness (QED) is 0.633. The molecule has 11 heavy (non-hydrogen) atoms. The minimum absolute atomic E-state index is 0.533. The third-order valence-corrected chi connectivity index (χ3v) is 1.34.